The van der Waals surface area contributed by atoms with Crippen LogP contribution in [0.5, 0.6) is 0 Å². The SMILES string of the molecule is CC1(C)C2CNCC2CN1c1ccc2ccccc2n1. The Morgan fingerprint density at radius 3 is 2.85 bits per heavy atom. The summed E-state index contributed by atoms with van der Waals surface area (Å²) in [6, 6.07) is 12.7. The first-order chi connectivity index (χ1) is 9.66. The van der Waals surface area contributed by atoms with Crippen molar-refractivity contribution in [1.82, 2.24) is 10.3 Å². The Labute approximate surface area is 120 Å². The lowest BCUT2D eigenvalue weighted by molar-refractivity contribution is 0.356. The Bertz CT molecular complexity index is 649. The summed E-state index contributed by atoms with van der Waals surface area (Å²) in [6.45, 7) is 8.14. The lowest BCUT2D eigenvalue weighted by Gasteiger charge is -2.36. The summed E-state index contributed by atoms with van der Waals surface area (Å²) in [5, 5.41) is 4.75. The normalized spacial score (nSPS) is 28.0. The van der Waals surface area contributed by atoms with E-state index >= 15 is 0 Å². The molecule has 2 aromatic rings. The minimum absolute atomic E-state index is 0.184. The molecule has 2 aliphatic rings. The average molecular weight is 267 g/mol. The third-order valence-electron chi connectivity index (χ3n) is 5.22. The van der Waals surface area contributed by atoms with E-state index in [2.05, 4.69) is 60.5 Å². The number of fused-ring (bicyclic) bond motifs is 2. The fraction of sp³-hybridized carbons (Fsp3) is 0.471. The first kappa shape index (κ1) is 12.2. The quantitative estimate of drug-likeness (QED) is 0.861. The molecule has 1 aromatic heterocycles. The van der Waals surface area contributed by atoms with Crippen LogP contribution in [0.25, 0.3) is 10.9 Å². The summed E-state index contributed by atoms with van der Waals surface area (Å²) in [4.78, 5) is 7.40. The molecule has 2 unspecified atom stereocenters. The molecule has 2 atom stereocenters. The number of rotatable bonds is 1. The number of nitrogens with one attached hydrogen (secondary N) is 1. The molecule has 3 nitrogen and oxygen atoms in total. The molecule has 2 fully saturated rings. The molecule has 2 aliphatic heterocycles. The Kier molecular flexibility index (Phi) is 2.55. The van der Waals surface area contributed by atoms with Crippen molar-refractivity contribution in [3.05, 3.63) is 36.4 Å². The van der Waals surface area contributed by atoms with E-state index < -0.39 is 0 Å². The smallest absolute Gasteiger partial charge is 0.129 e. The van der Waals surface area contributed by atoms with Gasteiger partial charge in [-0.3, -0.25) is 0 Å². The van der Waals surface area contributed by atoms with E-state index in [-0.39, 0.29) is 5.54 Å². The van der Waals surface area contributed by atoms with Crippen LogP contribution in [-0.4, -0.2) is 30.2 Å². The van der Waals surface area contributed by atoms with Crippen LogP contribution in [0.3, 0.4) is 0 Å². The van der Waals surface area contributed by atoms with Crippen molar-refractivity contribution in [1.29, 1.82) is 0 Å². The van der Waals surface area contributed by atoms with Gasteiger partial charge in [0.15, 0.2) is 0 Å². The molecule has 4 rings (SSSR count). The van der Waals surface area contributed by atoms with Gasteiger partial charge in [-0.15, -0.1) is 0 Å². The van der Waals surface area contributed by atoms with Crippen molar-refractivity contribution in [3.8, 4) is 0 Å². The van der Waals surface area contributed by atoms with Gasteiger partial charge in [-0.05, 0) is 43.9 Å². The van der Waals surface area contributed by atoms with E-state index in [0.29, 0.717) is 0 Å². The van der Waals surface area contributed by atoms with E-state index in [4.69, 9.17) is 4.98 Å². The first-order valence-corrected chi connectivity index (χ1v) is 7.50. The zero-order valence-electron chi connectivity index (χ0n) is 12.1. The van der Waals surface area contributed by atoms with Crippen molar-refractivity contribution >= 4 is 16.7 Å². The lowest BCUT2D eigenvalue weighted by Crippen LogP contribution is -2.45. The maximum atomic E-state index is 4.89. The van der Waals surface area contributed by atoms with Crippen LogP contribution in [0.1, 0.15) is 13.8 Å². The maximum Gasteiger partial charge on any atom is 0.129 e. The summed E-state index contributed by atoms with van der Waals surface area (Å²) in [5.74, 6) is 2.62. The van der Waals surface area contributed by atoms with Gasteiger partial charge in [0.25, 0.3) is 0 Å². The summed E-state index contributed by atoms with van der Waals surface area (Å²) in [7, 11) is 0. The van der Waals surface area contributed by atoms with Crippen LogP contribution in [-0.2, 0) is 0 Å². The molecule has 1 N–H and O–H groups in total. The van der Waals surface area contributed by atoms with Gasteiger partial charge in [0.1, 0.15) is 5.82 Å². The maximum absolute atomic E-state index is 4.89. The van der Waals surface area contributed by atoms with Crippen LogP contribution >= 0.6 is 0 Å². The van der Waals surface area contributed by atoms with Gasteiger partial charge in [0, 0.05) is 30.6 Å². The molecule has 0 radical (unpaired) electrons. The second-order valence-corrected chi connectivity index (χ2v) is 6.65. The number of anilines is 1. The second-order valence-electron chi connectivity index (χ2n) is 6.65. The molecule has 0 aliphatic carbocycles. The van der Waals surface area contributed by atoms with Crippen molar-refractivity contribution in [2.75, 3.05) is 24.5 Å². The van der Waals surface area contributed by atoms with E-state index in [0.717, 1.165) is 42.8 Å². The fourth-order valence-corrected chi connectivity index (χ4v) is 4.02. The minimum Gasteiger partial charge on any atom is -0.351 e. The molecular weight excluding hydrogens is 246 g/mol. The van der Waals surface area contributed by atoms with E-state index in [9.17, 15) is 0 Å². The van der Waals surface area contributed by atoms with Gasteiger partial charge >= 0.3 is 0 Å². The van der Waals surface area contributed by atoms with Gasteiger partial charge in [0.05, 0.1) is 5.52 Å². The summed E-state index contributed by atoms with van der Waals surface area (Å²) < 4.78 is 0. The molecule has 2 saturated heterocycles. The van der Waals surface area contributed by atoms with Gasteiger partial charge in [-0.1, -0.05) is 18.2 Å². The highest BCUT2D eigenvalue weighted by atomic mass is 15.3. The van der Waals surface area contributed by atoms with Gasteiger partial charge in [0.2, 0.25) is 0 Å². The van der Waals surface area contributed by atoms with Crippen molar-refractivity contribution < 1.29 is 0 Å². The average Bonchev–Trinajstić information content (AvgIpc) is 3.01. The van der Waals surface area contributed by atoms with E-state index in [1.165, 1.54) is 5.39 Å². The first-order valence-electron chi connectivity index (χ1n) is 7.50. The monoisotopic (exact) mass is 267 g/mol. The number of para-hydroxylation sites is 1. The fourth-order valence-electron chi connectivity index (χ4n) is 4.02. The Balaban J connectivity index is 1.75. The molecule has 0 amide bonds. The summed E-state index contributed by atoms with van der Waals surface area (Å²) in [5.41, 5.74) is 1.28. The molecule has 20 heavy (non-hydrogen) atoms. The second kappa shape index (κ2) is 4.19. The highest BCUT2D eigenvalue weighted by molar-refractivity contribution is 5.80. The number of hydrogen-bond donors (Lipinski definition) is 1. The Morgan fingerprint density at radius 2 is 2.00 bits per heavy atom. The molecule has 3 heterocycles. The van der Waals surface area contributed by atoms with Crippen LogP contribution in [0, 0.1) is 11.8 Å². The highest BCUT2D eigenvalue weighted by Crippen LogP contribution is 2.42. The van der Waals surface area contributed by atoms with Crippen LogP contribution < -0.4 is 10.2 Å². The zero-order valence-corrected chi connectivity index (χ0v) is 12.1. The minimum atomic E-state index is 0.184. The van der Waals surface area contributed by atoms with Gasteiger partial charge in [-0.2, -0.15) is 0 Å². The van der Waals surface area contributed by atoms with Crippen molar-refractivity contribution in [3.63, 3.8) is 0 Å². The third kappa shape index (κ3) is 1.66. The van der Waals surface area contributed by atoms with Crippen LogP contribution in [0.4, 0.5) is 5.82 Å². The summed E-state index contributed by atoms with van der Waals surface area (Å²) >= 11 is 0. The highest BCUT2D eigenvalue weighted by Gasteiger charge is 2.49. The molecule has 0 bridgehead atoms. The van der Waals surface area contributed by atoms with Gasteiger partial charge in [-0.25, -0.2) is 4.98 Å². The molecular formula is C17H21N3. The molecule has 1 aromatic carbocycles. The number of hydrogen-bond acceptors (Lipinski definition) is 3. The topological polar surface area (TPSA) is 28.2 Å². The van der Waals surface area contributed by atoms with Crippen molar-refractivity contribution in [2.24, 2.45) is 11.8 Å². The molecule has 3 heteroatoms. The largest absolute Gasteiger partial charge is 0.351 e. The van der Waals surface area contributed by atoms with Crippen LogP contribution in [0.15, 0.2) is 36.4 Å². The lowest BCUT2D eigenvalue weighted by atomic mass is 9.85. The predicted octanol–water partition coefficient (Wildman–Crippen LogP) is 2.67. The van der Waals surface area contributed by atoms with Gasteiger partial charge < -0.3 is 10.2 Å². The summed E-state index contributed by atoms with van der Waals surface area (Å²) in [6.07, 6.45) is 0. The molecule has 0 spiro atoms. The number of nitrogens with zero attached hydrogens (tertiary/aromatic N) is 2. The van der Waals surface area contributed by atoms with E-state index in [1.54, 1.807) is 0 Å². The predicted molar refractivity (Wildman–Crippen MR) is 83.0 cm³/mol. The Hall–Kier alpha value is -1.61. The Morgan fingerprint density at radius 1 is 1.15 bits per heavy atom. The van der Waals surface area contributed by atoms with E-state index in [1.807, 2.05) is 0 Å². The zero-order chi connectivity index (χ0) is 13.7. The number of benzene rings is 1. The van der Waals surface area contributed by atoms with Crippen LogP contribution in [0.2, 0.25) is 0 Å². The molecule has 104 valence electrons. The number of aromatic nitrogens is 1. The molecule has 0 saturated carbocycles. The number of pyridine rings is 1. The third-order valence-corrected chi connectivity index (χ3v) is 5.22. The van der Waals surface area contributed by atoms with Crippen molar-refractivity contribution in [2.45, 2.75) is 19.4 Å². The standard InChI is InChI=1S/C17H21N3/c1-17(2)14-10-18-9-13(14)11-20(17)16-8-7-12-5-3-4-6-15(12)19-16/h3-8,13-14,18H,9-11H2,1-2H3.